The average molecular weight is 274 g/mol. The summed E-state index contributed by atoms with van der Waals surface area (Å²) in [6, 6.07) is 9.03. The maximum atomic E-state index is 11.9. The van der Waals surface area contributed by atoms with Crippen LogP contribution in [0.15, 0.2) is 30.3 Å². The molecule has 0 radical (unpaired) electrons. The molecule has 0 heterocycles. The summed E-state index contributed by atoms with van der Waals surface area (Å²) in [6.07, 6.45) is 5.18. The largest absolute Gasteiger partial charge is 0.462 e. The van der Waals surface area contributed by atoms with Crippen LogP contribution in [0.5, 0.6) is 0 Å². The maximum absolute atomic E-state index is 11.9. The van der Waals surface area contributed by atoms with E-state index >= 15 is 0 Å². The van der Waals surface area contributed by atoms with Crippen LogP contribution < -0.4 is 0 Å². The van der Waals surface area contributed by atoms with Crippen molar-refractivity contribution < 1.29 is 14.6 Å². The lowest BCUT2D eigenvalue weighted by atomic mass is 9.46. The SMILES string of the molecule is C[C@@]12CCCC[C@]1(O)[C@H](COC(=O)c1ccccc1)C2. The smallest absolute Gasteiger partial charge is 0.338 e. The van der Waals surface area contributed by atoms with Gasteiger partial charge < -0.3 is 9.84 Å². The van der Waals surface area contributed by atoms with E-state index in [4.69, 9.17) is 4.74 Å². The quantitative estimate of drug-likeness (QED) is 0.861. The van der Waals surface area contributed by atoms with E-state index in [1.54, 1.807) is 12.1 Å². The number of aliphatic hydroxyl groups is 1. The number of rotatable bonds is 3. The lowest BCUT2D eigenvalue weighted by molar-refractivity contribution is -0.238. The molecular formula is C17H22O3. The number of ether oxygens (including phenoxy) is 1. The molecule has 3 atom stereocenters. The van der Waals surface area contributed by atoms with Crippen LogP contribution in [0.4, 0.5) is 0 Å². The van der Waals surface area contributed by atoms with Gasteiger partial charge in [0.1, 0.15) is 0 Å². The highest BCUT2D eigenvalue weighted by Crippen LogP contribution is 2.61. The van der Waals surface area contributed by atoms with E-state index in [-0.39, 0.29) is 17.3 Å². The van der Waals surface area contributed by atoms with Crippen LogP contribution in [0.25, 0.3) is 0 Å². The Morgan fingerprint density at radius 1 is 1.30 bits per heavy atom. The summed E-state index contributed by atoms with van der Waals surface area (Å²) in [5, 5.41) is 10.8. The average Bonchev–Trinajstić information content (AvgIpc) is 2.47. The second-order valence-electron chi connectivity index (χ2n) is 6.56. The molecule has 0 saturated heterocycles. The van der Waals surface area contributed by atoms with Crippen LogP contribution >= 0.6 is 0 Å². The first-order valence-electron chi connectivity index (χ1n) is 7.50. The highest BCUT2D eigenvalue weighted by molar-refractivity contribution is 5.89. The molecule has 2 fully saturated rings. The number of fused-ring (bicyclic) bond motifs is 1. The van der Waals surface area contributed by atoms with E-state index in [9.17, 15) is 9.90 Å². The molecule has 3 heteroatoms. The zero-order valence-corrected chi connectivity index (χ0v) is 12.0. The van der Waals surface area contributed by atoms with Crippen LogP contribution in [-0.2, 0) is 4.74 Å². The molecule has 0 unspecified atom stereocenters. The van der Waals surface area contributed by atoms with E-state index in [2.05, 4.69) is 6.92 Å². The molecular weight excluding hydrogens is 252 g/mol. The maximum Gasteiger partial charge on any atom is 0.338 e. The van der Waals surface area contributed by atoms with Crippen LogP contribution in [0, 0.1) is 11.3 Å². The van der Waals surface area contributed by atoms with Gasteiger partial charge in [0.15, 0.2) is 0 Å². The predicted molar refractivity (Wildman–Crippen MR) is 76.4 cm³/mol. The van der Waals surface area contributed by atoms with E-state index in [0.717, 1.165) is 25.7 Å². The minimum Gasteiger partial charge on any atom is -0.462 e. The summed E-state index contributed by atoms with van der Waals surface area (Å²) in [7, 11) is 0. The van der Waals surface area contributed by atoms with Gasteiger partial charge in [-0.3, -0.25) is 0 Å². The fraction of sp³-hybridized carbons (Fsp3) is 0.588. The molecule has 20 heavy (non-hydrogen) atoms. The van der Waals surface area contributed by atoms with Crippen molar-refractivity contribution in [2.45, 2.75) is 44.6 Å². The Balaban J connectivity index is 1.59. The third-order valence-electron chi connectivity index (χ3n) is 5.38. The molecule has 1 aromatic rings. The lowest BCUT2D eigenvalue weighted by Gasteiger charge is -2.62. The van der Waals surface area contributed by atoms with Crippen LogP contribution in [0.2, 0.25) is 0 Å². The number of benzene rings is 1. The van der Waals surface area contributed by atoms with Gasteiger partial charge in [-0.25, -0.2) is 4.79 Å². The number of hydrogen-bond acceptors (Lipinski definition) is 3. The van der Waals surface area contributed by atoms with E-state index < -0.39 is 5.60 Å². The summed E-state index contributed by atoms with van der Waals surface area (Å²) in [5.41, 5.74) is -0.0117. The normalized spacial score (nSPS) is 35.8. The summed E-state index contributed by atoms with van der Waals surface area (Å²) in [5.74, 6) is -0.195. The summed E-state index contributed by atoms with van der Waals surface area (Å²) in [4.78, 5) is 11.9. The van der Waals surface area contributed by atoms with Gasteiger partial charge in [-0.2, -0.15) is 0 Å². The Labute approximate surface area is 120 Å². The highest BCUT2D eigenvalue weighted by Gasteiger charge is 2.62. The van der Waals surface area contributed by atoms with Crippen LogP contribution in [0.1, 0.15) is 49.4 Å². The summed E-state index contributed by atoms with van der Waals surface area (Å²) >= 11 is 0. The van der Waals surface area contributed by atoms with E-state index in [0.29, 0.717) is 12.2 Å². The molecule has 2 saturated carbocycles. The standard InChI is InChI=1S/C17H22O3/c1-16-9-5-6-10-17(16,19)14(11-16)12-20-15(18)13-7-3-2-4-8-13/h2-4,7-8,14,19H,5-6,9-12H2,1H3/t14-,16-,17-/m0/s1. The third kappa shape index (κ3) is 2.05. The number of esters is 1. The van der Waals surface area contributed by atoms with Gasteiger partial charge >= 0.3 is 5.97 Å². The summed E-state index contributed by atoms with van der Waals surface area (Å²) < 4.78 is 5.39. The number of carbonyl (C=O) groups excluding carboxylic acids is 1. The van der Waals surface area contributed by atoms with Crippen molar-refractivity contribution in [3.8, 4) is 0 Å². The molecule has 0 bridgehead atoms. The third-order valence-corrected chi connectivity index (χ3v) is 5.38. The van der Waals surface area contributed by atoms with Crippen molar-refractivity contribution in [2.24, 2.45) is 11.3 Å². The van der Waals surface area contributed by atoms with Crippen molar-refractivity contribution in [1.29, 1.82) is 0 Å². The number of hydrogen-bond donors (Lipinski definition) is 1. The van der Waals surface area contributed by atoms with Gasteiger partial charge in [0, 0.05) is 5.92 Å². The van der Waals surface area contributed by atoms with Gasteiger partial charge in [0.05, 0.1) is 17.8 Å². The molecule has 0 amide bonds. The van der Waals surface area contributed by atoms with E-state index in [1.165, 1.54) is 6.42 Å². The molecule has 0 aromatic heterocycles. The van der Waals surface area contributed by atoms with Crippen LogP contribution in [-0.4, -0.2) is 23.3 Å². The molecule has 3 nitrogen and oxygen atoms in total. The Hall–Kier alpha value is -1.35. The fourth-order valence-electron chi connectivity index (χ4n) is 4.02. The van der Waals surface area contributed by atoms with Crippen molar-refractivity contribution in [2.75, 3.05) is 6.61 Å². The fourth-order valence-corrected chi connectivity index (χ4v) is 4.02. The van der Waals surface area contributed by atoms with Crippen LogP contribution in [0.3, 0.4) is 0 Å². The van der Waals surface area contributed by atoms with Gasteiger partial charge in [-0.15, -0.1) is 0 Å². The minimum atomic E-state index is -0.623. The van der Waals surface area contributed by atoms with Gasteiger partial charge in [0.25, 0.3) is 0 Å². The Morgan fingerprint density at radius 3 is 2.70 bits per heavy atom. The molecule has 3 rings (SSSR count). The molecule has 1 N–H and O–H groups in total. The second kappa shape index (κ2) is 4.88. The monoisotopic (exact) mass is 274 g/mol. The van der Waals surface area contributed by atoms with Crippen molar-refractivity contribution >= 4 is 5.97 Å². The van der Waals surface area contributed by atoms with Gasteiger partial charge in [0.2, 0.25) is 0 Å². The van der Waals surface area contributed by atoms with Gasteiger partial charge in [-0.1, -0.05) is 38.0 Å². The first-order chi connectivity index (χ1) is 9.55. The van der Waals surface area contributed by atoms with Gasteiger partial charge in [-0.05, 0) is 36.8 Å². The molecule has 2 aliphatic rings. The predicted octanol–water partition coefficient (Wildman–Crippen LogP) is 3.17. The lowest BCUT2D eigenvalue weighted by Crippen LogP contribution is -2.65. The zero-order chi connectivity index (χ0) is 14.2. The highest BCUT2D eigenvalue weighted by atomic mass is 16.5. The second-order valence-corrected chi connectivity index (χ2v) is 6.56. The Bertz CT molecular complexity index is 498. The van der Waals surface area contributed by atoms with Crippen molar-refractivity contribution in [3.05, 3.63) is 35.9 Å². The van der Waals surface area contributed by atoms with Crippen molar-refractivity contribution in [3.63, 3.8) is 0 Å². The van der Waals surface area contributed by atoms with Crippen molar-refractivity contribution in [1.82, 2.24) is 0 Å². The molecule has 2 aliphatic carbocycles. The first kappa shape index (κ1) is 13.6. The summed E-state index contributed by atoms with van der Waals surface area (Å²) in [6.45, 7) is 2.50. The first-order valence-corrected chi connectivity index (χ1v) is 7.50. The molecule has 108 valence electrons. The molecule has 0 spiro atoms. The molecule has 1 aromatic carbocycles. The Morgan fingerprint density at radius 2 is 2.00 bits per heavy atom. The molecule has 0 aliphatic heterocycles. The van der Waals surface area contributed by atoms with E-state index in [1.807, 2.05) is 18.2 Å². The Kier molecular flexibility index (Phi) is 3.33. The topological polar surface area (TPSA) is 46.5 Å². The minimum absolute atomic E-state index is 0.0368. The zero-order valence-electron chi connectivity index (χ0n) is 12.0. The number of carbonyl (C=O) groups is 1.